The van der Waals surface area contributed by atoms with Gasteiger partial charge in [0.05, 0.1) is 5.75 Å². The molecule has 2 rings (SSSR count). The fourth-order valence-corrected chi connectivity index (χ4v) is 3.12. The van der Waals surface area contributed by atoms with Crippen LogP contribution < -0.4 is 0 Å². The summed E-state index contributed by atoms with van der Waals surface area (Å²) in [6.07, 6.45) is 0.129. The van der Waals surface area contributed by atoms with Crippen LogP contribution in [0.25, 0.3) is 0 Å². The highest BCUT2D eigenvalue weighted by Gasteiger charge is 2.10. The van der Waals surface area contributed by atoms with Crippen LogP contribution >= 0.6 is 27.7 Å². The van der Waals surface area contributed by atoms with Crippen molar-refractivity contribution in [3.8, 4) is 0 Å². The van der Waals surface area contributed by atoms with E-state index in [1.165, 1.54) is 17.8 Å². The van der Waals surface area contributed by atoms with Crippen molar-refractivity contribution in [1.82, 2.24) is 0 Å². The number of benzene rings is 2. The van der Waals surface area contributed by atoms with Gasteiger partial charge < -0.3 is 0 Å². The first-order valence-corrected chi connectivity index (χ1v) is 7.98. The van der Waals surface area contributed by atoms with Crippen LogP contribution in [0.3, 0.4) is 0 Å². The fourth-order valence-electron chi connectivity index (χ4n) is 1.82. The summed E-state index contributed by atoms with van der Waals surface area (Å²) in [5.41, 5.74) is 1.59. The van der Waals surface area contributed by atoms with Gasteiger partial charge in [-0.2, -0.15) is 0 Å². The Morgan fingerprint density at radius 3 is 2.75 bits per heavy atom. The van der Waals surface area contributed by atoms with Gasteiger partial charge in [0.1, 0.15) is 11.6 Å². The second kappa shape index (κ2) is 7.04. The molecule has 0 radical (unpaired) electrons. The molecule has 0 N–H and O–H groups in total. The van der Waals surface area contributed by atoms with Crippen molar-refractivity contribution < 1.29 is 9.18 Å². The van der Waals surface area contributed by atoms with Gasteiger partial charge in [-0.15, -0.1) is 11.8 Å². The molecule has 0 unspecified atom stereocenters. The second-order valence-corrected chi connectivity index (χ2v) is 6.44. The number of rotatable bonds is 5. The van der Waals surface area contributed by atoms with E-state index in [1.54, 1.807) is 12.1 Å². The fraction of sp³-hybridized carbons (Fsp3) is 0.188. The molecule has 0 aromatic heterocycles. The summed E-state index contributed by atoms with van der Waals surface area (Å²) in [7, 11) is 0. The number of carbonyl (C=O) groups excluding carboxylic acids is 1. The smallest absolute Gasteiger partial charge is 0.147 e. The minimum Gasteiger partial charge on any atom is -0.298 e. The van der Waals surface area contributed by atoms with Crippen LogP contribution in [0.2, 0.25) is 0 Å². The second-order valence-electron chi connectivity index (χ2n) is 4.51. The molecule has 0 saturated heterocycles. The molecule has 0 aliphatic carbocycles. The van der Waals surface area contributed by atoms with Crippen LogP contribution in [0.1, 0.15) is 11.1 Å². The maximum absolute atomic E-state index is 13.6. The van der Waals surface area contributed by atoms with Gasteiger partial charge in [-0.05, 0) is 42.3 Å². The number of hydrogen-bond acceptors (Lipinski definition) is 2. The molecule has 0 aliphatic heterocycles. The Kier molecular flexibility index (Phi) is 5.38. The average Bonchev–Trinajstić information content (AvgIpc) is 2.42. The van der Waals surface area contributed by atoms with Crippen molar-refractivity contribution in [2.75, 3.05) is 5.75 Å². The summed E-state index contributed by atoms with van der Waals surface area (Å²) in [6.45, 7) is 2.01. The number of carbonyl (C=O) groups is 1. The van der Waals surface area contributed by atoms with Crippen LogP contribution in [0.4, 0.5) is 4.39 Å². The Balaban J connectivity index is 1.96. The Labute approximate surface area is 130 Å². The number of hydrogen-bond donors (Lipinski definition) is 0. The Bertz CT molecular complexity index is 628. The predicted octanol–water partition coefficient (Wildman–Crippen LogP) is 4.80. The maximum atomic E-state index is 13.6. The van der Waals surface area contributed by atoms with Crippen molar-refractivity contribution in [3.63, 3.8) is 0 Å². The molecule has 2 aromatic carbocycles. The molecular weight excluding hydrogens is 339 g/mol. The van der Waals surface area contributed by atoms with Crippen molar-refractivity contribution in [1.29, 1.82) is 0 Å². The van der Waals surface area contributed by atoms with E-state index in [9.17, 15) is 9.18 Å². The maximum Gasteiger partial charge on any atom is 0.147 e. The largest absolute Gasteiger partial charge is 0.298 e. The van der Waals surface area contributed by atoms with E-state index in [4.69, 9.17) is 0 Å². The first-order valence-electron chi connectivity index (χ1n) is 6.20. The zero-order chi connectivity index (χ0) is 14.5. The van der Waals surface area contributed by atoms with E-state index in [2.05, 4.69) is 15.9 Å². The number of aryl methyl sites for hydroxylation is 1. The van der Waals surface area contributed by atoms with Gasteiger partial charge >= 0.3 is 0 Å². The highest BCUT2D eigenvalue weighted by atomic mass is 79.9. The molecule has 0 amide bonds. The molecule has 20 heavy (non-hydrogen) atoms. The third-order valence-corrected chi connectivity index (χ3v) is 4.61. The lowest BCUT2D eigenvalue weighted by Crippen LogP contribution is -2.07. The van der Waals surface area contributed by atoms with Crippen LogP contribution in [-0.4, -0.2) is 11.5 Å². The number of Topliss-reactive ketones (excluding diaryl/α,β-unsaturated/α-hetero) is 1. The minimum atomic E-state index is -0.331. The zero-order valence-corrected chi connectivity index (χ0v) is 13.4. The lowest BCUT2D eigenvalue weighted by molar-refractivity contribution is -0.116. The first kappa shape index (κ1) is 15.3. The number of thioether (sulfide) groups is 1. The van der Waals surface area contributed by atoms with E-state index in [-0.39, 0.29) is 18.0 Å². The third-order valence-electron chi connectivity index (χ3n) is 2.88. The van der Waals surface area contributed by atoms with Crippen molar-refractivity contribution >= 4 is 33.5 Å². The monoisotopic (exact) mass is 352 g/mol. The Morgan fingerprint density at radius 1 is 1.25 bits per heavy atom. The molecule has 0 spiro atoms. The van der Waals surface area contributed by atoms with Gasteiger partial charge in [0.2, 0.25) is 0 Å². The van der Waals surface area contributed by atoms with Gasteiger partial charge in [-0.25, -0.2) is 4.39 Å². The normalized spacial score (nSPS) is 10.6. The molecule has 0 fully saturated rings. The molecule has 0 bridgehead atoms. The quantitative estimate of drug-likeness (QED) is 0.719. The molecule has 2 aromatic rings. The molecule has 0 atom stereocenters. The van der Waals surface area contributed by atoms with Gasteiger partial charge in [0.25, 0.3) is 0 Å². The molecule has 4 heteroatoms. The summed E-state index contributed by atoms with van der Waals surface area (Å²) in [5, 5.41) is 0. The Morgan fingerprint density at radius 2 is 2.00 bits per heavy atom. The highest BCUT2D eigenvalue weighted by Crippen LogP contribution is 2.23. The van der Waals surface area contributed by atoms with Gasteiger partial charge in [0, 0.05) is 15.8 Å². The van der Waals surface area contributed by atoms with Gasteiger partial charge in [0.15, 0.2) is 0 Å². The molecule has 0 aliphatic rings. The van der Waals surface area contributed by atoms with Crippen LogP contribution in [0, 0.1) is 12.7 Å². The molecular formula is C16H14BrFOS. The summed E-state index contributed by atoms with van der Waals surface area (Å²) < 4.78 is 14.4. The third kappa shape index (κ3) is 4.18. The first-order chi connectivity index (χ1) is 9.56. The van der Waals surface area contributed by atoms with Crippen molar-refractivity contribution in [3.05, 3.63) is 63.9 Å². The van der Waals surface area contributed by atoms with E-state index in [0.29, 0.717) is 11.3 Å². The van der Waals surface area contributed by atoms with Crippen molar-refractivity contribution in [2.24, 2.45) is 0 Å². The Hall–Kier alpha value is -1.13. The highest BCUT2D eigenvalue weighted by molar-refractivity contribution is 9.10. The van der Waals surface area contributed by atoms with E-state index in [1.807, 2.05) is 31.2 Å². The summed E-state index contributed by atoms with van der Waals surface area (Å²) in [5.74, 6) is 0.0503. The molecule has 1 nitrogen and oxygen atoms in total. The minimum absolute atomic E-state index is 0.0234. The predicted molar refractivity (Wildman–Crippen MR) is 84.7 cm³/mol. The van der Waals surface area contributed by atoms with E-state index >= 15 is 0 Å². The summed E-state index contributed by atoms with van der Waals surface area (Å²) in [6, 6.07) is 12.6. The zero-order valence-electron chi connectivity index (χ0n) is 11.0. The topological polar surface area (TPSA) is 17.1 Å². The van der Waals surface area contributed by atoms with Crippen molar-refractivity contribution in [2.45, 2.75) is 18.2 Å². The van der Waals surface area contributed by atoms with E-state index in [0.717, 1.165) is 14.9 Å². The average molecular weight is 353 g/mol. The summed E-state index contributed by atoms with van der Waals surface area (Å²) >= 11 is 4.79. The molecule has 104 valence electrons. The van der Waals surface area contributed by atoms with E-state index < -0.39 is 0 Å². The number of halogens is 2. The standard InChI is InChI=1S/C16H14BrFOS/c1-11-4-2-3-5-16(11)20-10-14(19)9-12-8-13(17)6-7-15(12)18/h2-8H,9-10H2,1H3. The van der Waals surface area contributed by atoms with Crippen LogP contribution in [-0.2, 0) is 11.2 Å². The SMILES string of the molecule is Cc1ccccc1SCC(=O)Cc1cc(Br)ccc1F. The lowest BCUT2D eigenvalue weighted by atomic mass is 10.1. The molecule has 0 heterocycles. The van der Waals surface area contributed by atoms with Crippen LogP contribution in [0.5, 0.6) is 0 Å². The van der Waals surface area contributed by atoms with Gasteiger partial charge in [-0.1, -0.05) is 34.1 Å². The van der Waals surface area contributed by atoms with Crippen LogP contribution in [0.15, 0.2) is 51.8 Å². The number of ketones is 1. The van der Waals surface area contributed by atoms with Gasteiger partial charge in [-0.3, -0.25) is 4.79 Å². The summed E-state index contributed by atoms with van der Waals surface area (Å²) in [4.78, 5) is 13.1. The molecule has 0 saturated carbocycles. The lowest BCUT2D eigenvalue weighted by Gasteiger charge is -2.06.